The summed E-state index contributed by atoms with van der Waals surface area (Å²) in [5.74, 6) is -0.165. The van der Waals surface area contributed by atoms with Gasteiger partial charge in [0, 0.05) is 6.42 Å². The van der Waals surface area contributed by atoms with Crippen LogP contribution in [0.25, 0.3) is 0 Å². The Kier molecular flexibility index (Phi) is 49.3. The SMILES string of the molecule is CC/C=C\C/C=C\C/C=C\C/C=C\CCCCCCCCCCCCCCC(=O)NC(COP(=O)([O-])OCC[N+](C)(C)C)C(O)CCCCCCCCCCCCCCCCCCCCCCC. The molecule has 400 valence electrons. The second kappa shape index (κ2) is 50.4. The van der Waals surface area contributed by atoms with E-state index in [2.05, 4.69) is 67.8 Å². The van der Waals surface area contributed by atoms with Gasteiger partial charge in [-0.15, -0.1) is 0 Å². The van der Waals surface area contributed by atoms with Gasteiger partial charge in [-0.2, -0.15) is 0 Å². The van der Waals surface area contributed by atoms with Gasteiger partial charge in [0.1, 0.15) is 13.2 Å². The number of phosphoric acid groups is 1. The number of aliphatic hydroxyl groups excluding tert-OH is 1. The highest BCUT2D eigenvalue weighted by Crippen LogP contribution is 2.38. The van der Waals surface area contributed by atoms with Crippen LogP contribution >= 0.6 is 7.82 Å². The molecule has 0 rings (SSSR count). The summed E-state index contributed by atoms with van der Waals surface area (Å²) < 4.78 is 23.4. The summed E-state index contributed by atoms with van der Waals surface area (Å²) >= 11 is 0. The van der Waals surface area contributed by atoms with Crippen LogP contribution in [0.5, 0.6) is 0 Å². The summed E-state index contributed by atoms with van der Waals surface area (Å²) in [5.41, 5.74) is 0. The number of likely N-dealkylation sites (N-methyl/N-ethyl adjacent to an activating group) is 1. The number of hydrogen-bond acceptors (Lipinski definition) is 6. The van der Waals surface area contributed by atoms with E-state index in [0.29, 0.717) is 23.9 Å². The van der Waals surface area contributed by atoms with E-state index in [-0.39, 0.29) is 19.1 Å². The summed E-state index contributed by atoms with van der Waals surface area (Å²) in [7, 11) is 1.31. The molecule has 3 atom stereocenters. The molecule has 0 aliphatic carbocycles. The molecule has 2 N–H and O–H groups in total. The van der Waals surface area contributed by atoms with E-state index in [0.717, 1.165) is 64.2 Å². The van der Waals surface area contributed by atoms with Gasteiger partial charge in [0.05, 0.1) is 39.9 Å². The molecule has 8 nitrogen and oxygen atoms in total. The Morgan fingerprint density at radius 3 is 1.31 bits per heavy atom. The fraction of sp³-hybridized carbons (Fsp3) is 0.847. The van der Waals surface area contributed by atoms with Crippen molar-refractivity contribution in [2.45, 2.75) is 283 Å². The first-order valence-corrected chi connectivity index (χ1v) is 30.4. The Hall–Kier alpha value is -1.54. The van der Waals surface area contributed by atoms with E-state index >= 15 is 0 Å². The van der Waals surface area contributed by atoms with E-state index in [1.165, 1.54) is 180 Å². The molecular weight excluding hydrogens is 864 g/mol. The van der Waals surface area contributed by atoms with Crippen LogP contribution in [-0.2, 0) is 18.4 Å². The maximum absolute atomic E-state index is 13.0. The molecule has 0 aromatic heterocycles. The number of carbonyl (C=O) groups is 1. The molecule has 0 spiro atoms. The van der Waals surface area contributed by atoms with Gasteiger partial charge in [-0.05, 0) is 51.4 Å². The van der Waals surface area contributed by atoms with Gasteiger partial charge in [0.25, 0.3) is 7.82 Å². The van der Waals surface area contributed by atoms with Crippen molar-refractivity contribution in [2.75, 3.05) is 40.9 Å². The molecule has 0 aromatic carbocycles. The largest absolute Gasteiger partial charge is 0.756 e. The normalized spacial score (nSPS) is 14.3. The number of allylic oxidation sites excluding steroid dienone is 8. The predicted octanol–water partition coefficient (Wildman–Crippen LogP) is 16.9. The van der Waals surface area contributed by atoms with Crippen LogP contribution in [0, 0.1) is 0 Å². The van der Waals surface area contributed by atoms with Crippen LogP contribution in [0.15, 0.2) is 48.6 Å². The van der Waals surface area contributed by atoms with Gasteiger partial charge in [0.15, 0.2) is 0 Å². The highest BCUT2D eigenvalue weighted by atomic mass is 31.2. The van der Waals surface area contributed by atoms with Crippen LogP contribution in [0.3, 0.4) is 0 Å². The van der Waals surface area contributed by atoms with Gasteiger partial charge in [-0.3, -0.25) is 9.36 Å². The number of unbranched alkanes of at least 4 members (excludes halogenated alkanes) is 32. The third-order valence-electron chi connectivity index (χ3n) is 13.1. The molecule has 0 aliphatic rings. The topological polar surface area (TPSA) is 108 Å². The summed E-state index contributed by atoms with van der Waals surface area (Å²) in [4.78, 5) is 25.5. The molecule has 0 radical (unpaired) electrons. The number of aliphatic hydroxyl groups is 1. The maximum atomic E-state index is 13.0. The van der Waals surface area contributed by atoms with Gasteiger partial charge < -0.3 is 28.8 Å². The second-order valence-electron chi connectivity index (χ2n) is 21.0. The molecule has 0 bridgehead atoms. The molecule has 1 amide bonds. The first-order valence-electron chi connectivity index (χ1n) is 29.0. The Labute approximate surface area is 422 Å². The summed E-state index contributed by atoms with van der Waals surface area (Å²) in [6.07, 6.45) is 65.6. The molecular formula is C59H113N2O6P. The van der Waals surface area contributed by atoms with Gasteiger partial charge in [-0.1, -0.05) is 262 Å². The zero-order valence-electron chi connectivity index (χ0n) is 45.6. The monoisotopic (exact) mass is 977 g/mol. The fourth-order valence-corrected chi connectivity index (χ4v) is 9.29. The number of phosphoric ester groups is 1. The lowest BCUT2D eigenvalue weighted by Gasteiger charge is -2.30. The van der Waals surface area contributed by atoms with Crippen molar-refractivity contribution in [1.82, 2.24) is 5.32 Å². The molecule has 0 heterocycles. The average Bonchev–Trinajstić information content (AvgIpc) is 3.30. The second-order valence-corrected chi connectivity index (χ2v) is 22.4. The Bertz CT molecular complexity index is 1250. The zero-order valence-corrected chi connectivity index (χ0v) is 46.5. The number of rotatable bonds is 53. The minimum Gasteiger partial charge on any atom is -0.756 e. The van der Waals surface area contributed by atoms with Crippen LogP contribution in [0.4, 0.5) is 0 Å². The number of hydrogen-bond donors (Lipinski definition) is 2. The number of amides is 1. The molecule has 0 fully saturated rings. The lowest BCUT2D eigenvalue weighted by molar-refractivity contribution is -0.870. The molecule has 3 unspecified atom stereocenters. The third kappa shape index (κ3) is 52.3. The summed E-state index contributed by atoms with van der Waals surface area (Å²) in [5, 5.41) is 14.0. The van der Waals surface area contributed by atoms with E-state index < -0.39 is 20.0 Å². The van der Waals surface area contributed by atoms with E-state index in [9.17, 15) is 19.4 Å². The van der Waals surface area contributed by atoms with Crippen molar-refractivity contribution >= 4 is 13.7 Å². The quantitative estimate of drug-likeness (QED) is 0.0272. The molecule has 0 aromatic rings. The smallest absolute Gasteiger partial charge is 0.268 e. The van der Waals surface area contributed by atoms with Crippen molar-refractivity contribution in [1.29, 1.82) is 0 Å². The van der Waals surface area contributed by atoms with Crippen LogP contribution in [0.2, 0.25) is 0 Å². The highest BCUT2D eigenvalue weighted by molar-refractivity contribution is 7.45. The maximum Gasteiger partial charge on any atom is 0.268 e. The average molecular weight is 978 g/mol. The van der Waals surface area contributed by atoms with Crippen molar-refractivity contribution in [3.8, 4) is 0 Å². The molecule has 68 heavy (non-hydrogen) atoms. The lowest BCUT2D eigenvalue weighted by atomic mass is 10.0. The highest BCUT2D eigenvalue weighted by Gasteiger charge is 2.24. The van der Waals surface area contributed by atoms with Crippen molar-refractivity contribution in [3.05, 3.63) is 48.6 Å². The molecule has 9 heteroatoms. The van der Waals surface area contributed by atoms with Crippen molar-refractivity contribution < 1.29 is 32.9 Å². The van der Waals surface area contributed by atoms with Gasteiger partial charge in [0.2, 0.25) is 5.91 Å². The van der Waals surface area contributed by atoms with Gasteiger partial charge in [-0.25, -0.2) is 0 Å². The molecule has 0 saturated carbocycles. The minimum absolute atomic E-state index is 0.0114. The van der Waals surface area contributed by atoms with Crippen molar-refractivity contribution in [2.24, 2.45) is 0 Å². The third-order valence-corrected chi connectivity index (χ3v) is 14.0. The fourth-order valence-electron chi connectivity index (χ4n) is 8.56. The van der Waals surface area contributed by atoms with E-state index in [1.807, 2.05) is 21.1 Å². The summed E-state index contributed by atoms with van der Waals surface area (Å²) in [6.45, 7) is 4.64. The summed E-state index contributed by atoms with van der Waals surface area (Å²) in [6, 6.07) is -0.803. The van der Waals surface area contributed by atoms with Crippen LogP contribution in [0.1, 0.15) is 271 Å². The van der Waals surface area contributed by atoms with Crippen LogP contribution in [-0.4, -0.2) is 68.5 Å². The first-order chi connectivity index (χ1) is 33.0. The molecule has 0 saturated heterocycles. The number of quaternary nitrogens is 1. The minimum atomic E-state index is -4.58. The Morgan fingerprint density at radius 1 is 0.529 bits per heavy atom. The number of nitrogens with one attached hydrogen (secondary N) is 1. The lowest BCUT2D eigenvalue weighted by Crippen LogP contribution is -2.46. The molecule has 0 aliphatic heterocycles. The van der Waals surface area contributed by atoms with Crippen LogP contribution < -0.4 is 10.2 Å². The first kappa shape index (κ1) is 66.5. The van der Waals surface area contributed by atoms with Gasteiger partial charge >= 0.3 is 0 Å². The zero-order chi connectivity index (χ0) is 49.9. The number of carbonyl (C=O) groups excluding carboxylic acids is 1. The standard InChI is InChI=1S/C59H113N2O6P/c1-6-8-10-12-14-16-18-20-22-24-26-28-29-30-31-33-35-37-39-41-43-45-47-49-51-53-59(63)60-57(56-67-68(64,65)66-55-54-61(3,4)5)58(62)52-50-48-46-44-42-40-38-36-34-32-27-25-23-21-19-17-15-13-11-9-7-2/h8,10,14,16,20,22,26,28,57-58,62H,6-7,9,11-13,15,17-19,21,23-25,27,29-56H2,1-5H3,(H-,60,63,64,65)/b10-8-,16-14-,22-20-,28-26-. The van der Waals surface area contributed by atoms with E-state index in [1.54, 1.807) is 0 Å². The Balaban J connectivity index is 4.16. The van der Waals surface area contributed by atoms with E-state index in [4.69, 9.17) is 9.05 Å². The van der Waals surface area contributed by atoms with Crippen molar-refractivity contribution in [3.63, 3.8) is 0 Å². The number of nitrogens with zero attached hydrogens (tertiary/aromatic N) is 1. The Morgan fingerprint density at radius 2 is 0.897 bits per heavy atom. The predicted molar refractivity (Wildman–Crippen MR) is 293 cm³/mol.